The van der Waals surface area contributed by atoms with E-state index in [1.165, 1.54) is 0 Å². The van der Waals surface area contributed by atoms with Crippen LogP contribution in [-0.4, -0.2) is 34.2 Å². The van der Waals surface area contributed by atoms with Crippen LogP contribution in [0, 0.1) is 0 Å². The van der Waals surface area contributed by atoms with Crippen molar-refractivity contribution in [3.63, 3.8) is 0 Å². The van der Waals surface area contributed by atoms with E-state index < -0.39 is 6.17 Å². The summed E-state index contributed by atoms with van der Waals surface area (Å²) >= 11 is 0. The molecule has 1 saturated heterocycles. The molecule has 1 fully saturated rings. The van der Waals surface area contributed by atoms with Crippen LogP contribution in [0.25, 0.3) is 21.9 Å². The van der Waals surface area contributed by atoms with E-state index >= 15 is 0 Å². The third kappa shape index (κ3) is 1.81. The smallest absolute Gasteiger partial charge is 0.140 e. The van der Waals surface area contributed by atoms with E-state index in [1.54, 1.807) is 6.20 Å². The maximum absolute atomic E-state index is 13.5. The highest BCUT2D eigenvalue weighted by Gasteiger charge is 2.20. The van der Waals surface area contributed by atoms with E-state index in [1.807, 2.05) is 29.3 Å². The van der Waals surface area contributed by atoms with E-state index in [0.29, 0.717) is 13.0 Å². The molecule has 4 nitrogen and oxygen atoms in total. The van der Waals surface area contributed by atoms with Gasteiger partial charge >= 0.3 is 0 Å². The van der Waals surface area contributed by atoms with Crippen LogP contribution >= 0.6 is 0 Å². The molecule has 0 saturated carbocycles. The number of piperidine rings is 1. The molecule has 1 aliphatic heterocycles. The van der Waals surface area contributed by atoms with Gasteiger partial charge in [-0.2, -0.15) is 0 Å². The predicted molar refractivity (Wildman–Crippen MR) is 77.7 cm³/mol. The molecule has 4 rings (SSSR count). The number of fused-ring (bicyclic) bond motifs is 3. The average molecular weight is 270 g/mol. The van der Waals surface area contributed by atoms with Gasteiger partial charge in [-0.3, -0.25) is 4.98 Å². The highest BCUT2D eigenvalue weighted by molar-refractivity contribution is 6.05. The molecule has 0 bridgehead atoms. The molecule has 1 atom stereocenters. The lowest BCUT2D eigenvalue weighted by Gasteiger charge is -2.29. The number of pyridine rings is 2. The minimum atomic E-state index is -0.742. The number of anilines is 1. The van der Waals surface area contributed by atoms with E-state index in [-0.39, 0.29) is 0 Å². The van der Waals surface area contributed by atoms with Crippen molar-refractivity contribution >= 4 is 27.8 Å². The second-order valence-corrected chi connectivity index (χ2v) is 5.30. The molecule has 0 spiro atoms. The monoisotopic (exact) mass is 270 g/mol. The van der Waals surface area contributed by atoms with E-state index in [4.69, 9.17) is 0 Å². The lowest BCUT2D eigenvalue weighted by Crippen LogP contribution is -2.36. The zero-order valence-corrected chi connectivity index (χ0v) is 11.0. The summed E-state index contributed by atoms with van der Waals surface area (Å²) in [5.74, 6) is 0.847. The van der Waals surface area contributed by atoms with Crippen molar-refractivity contribution in [1.29, 1.82) is 0 Å². The van der Waals surface area contributed by atoms with Gasteiger partial charge in [-0.25, -0.2) is 9.37 Å². The van der Waals surface area contributed by atoms with Gasteiger partial charge in [-0.1, -0.05) is 0 Å². The molecule has 3 aromatic rings. The molecule has 0 unspecified atom stereocenters. The van der Waals surface area contributed by atoms with Gasteiger partial charge in [0.1, 0.15) is 17.6 Å². The molecule has 20 heavy (non-hydrogen) atoms. The number of aromatic amines is 1. The molecule has 3 aromatic heterocycles. The van der Waals surface area contributed by atoms with Crippen molar-refractivity contribution in [2.45, 2.75) is 19.0 Å². The number of halogens is 1. The van der Waals surface area contributed by atoms with Gasteiger partial charge in [-0.15, -0.1) is 0 Å². The van der Waals surface area contributed by atoms with Gasteiger partial charge in [-0.05, 0) is 31.0 Å². The number of nitrogens with one attached hydrogen (secondary N) is 1. The summed E-state index contributed by atoms with van der Waals surface area (Å²) in [7, 11) is 0. The molecule has 102 valence electrons. The Hall–Kier alpha value is -2.17. The second-order valence-electron chi connectivity index (χ2n) is 5.30. The van der Waals surface area contributed by atoms with Crippen molar-refractivity contribution in [1.82, 2.24) is 15.0 Å². The SMILES string of the molecule is F[C@@H]1CCCN(c2ccc3c(n2)[nH]c2ccncc23)C1. The van der Waals surface area contributed by atoms with Crippen molar-refractivity contribution in [3.05, 3.63) is 30.6 Å². The lowest BCUT2D eigenvalue weighted by molar-refractivity contribution is 0.286. The standard InChI is InChI=1S/C15H15FN4/c16-10-2-1-7-20(9-10)14-4-3-11-12-8-17-6-5-13(12)18-15(11)19-14/h3-6,8,10H,1-2,7,9H2,(H,18,19)/t10-/m1/s1. The predicted octanol–water partition coefficient (Wildman–Crippen LogP) is 3.05. The Morgan fingerprint density at radius 1 is 1.25 bits per heavy atom. The van der Waals surface area contributed by atoms with Gasteiger partial charge in [0.25, 0.3) is 0 Å². The van der Waals surface area contributed by atoms with Crippen molar-refractivity contribution in [2.75, 3.05) is 18.0 Å². The van der Waals surface area contributed by atoms with Crippen molar-refractivity contribution < 1.29 is 4.39 Å². The quantitative estimate of drug-likeness (QED) is 0.739. The van der Waals surface area contributed by atoms with Crippen LogP contribution in [0.2, 0.25) is 0 Å². The first-order valence-corrected chi connectivity index (χ1v) is 6.93. The fraction of sp³-hybridized carbons (Fsp3) is 0.333. The third-order valence-corrected chi connectivity index (χ3v) is 3.93. The first-order valence-electron chi connectivity index (χ1n) is 6.93. The fourth-order valence-corrected chi connectivity index (χ4v) is 2.92. The molecule has 0 aromatic carbocycles. The van der Waals surface area contributed by atoms with Gasteiger partial charge < -0.3 is 9.88 Å². The molecule has 0 radical (unpaired) electrons. The summed E-state index contributed by atoms with van der Waals surface area (Å²) in [6, 6.07) is 5.95. The first-order chi connectivity index (χ1) is 9.81. The number of alkyl halides is 1. The molecule has 4 heterocycles. The summed E-state index contributed by atoms with van der Waals surface area (Å²) in [6.45, 7) is 1.32. The van der Waals surface area contributed by atoms with Crippen LogP contribution in [0.15, 0.2) is 30.6 Å². The maximum Gasteiger partial charge on any atom is 0.140 e. The molecular formula is C15H15FN4. The van der Waals surface area contributed by atoms with E-state index in [9.17, 15) is 4.39 Å². The molecular weight excluding hydrogens is 255 g/mol. The minimum Gasteiger partial charge on any atom is -0.354 e. The zero-order valence-electron chi connectivity index (χ0n) is 11.0. The number of aromatic nitrogens is 3. The fourth-order valence-electron chi connectivity index (χ4n) is 2.92. The summed E-state index contributed by atoms with van der Waals surface area (Å²) in [6.07, 6.45) is 4.41. The number of H-pyrrole nitrogens is 1. The normalized spacial score (nSPS) is 19.9. The van der Waals surface area contributed by atoms with E-state index in [2.05, 4.69) is 15.0 Å². The topological polar surface area (TPSA) is 44.8 Å². The van der Waals surface area contributed by atoms with Gasteiger partial charge in [0, 0.05) is 29.7 Å². The number of nitrogens with zero attached hydrogens (tertiary/aromatic N) is 3. The lowest BCUT2D eigenvalue weighted by atomic mass is 10.1. The number of rotatable bonds is 1. The van der Waals surface area contributed by atoms with Crippen LogP contribution < -0.4 is 4.90 Å². The zero-order chi connectivity index (χ0) is 13.5. The largest absolute Gasteiger partial charge is 0.354 e. The van der Waals surface area contributed by atoms with Gasteiger partial charge in [0.15, 0.2) is 0 Å². The Labute approximate surface area is 115 Å². The summed E-state index contributed by atoms with van der Waals surface area (Å²) in [4.78, 5) is 14.1. The average Bonchev–Trinajstić information content (AvgIpc) is 2.85. The number of hydrogen-bond donors (Lipinski definition) is 1. The van der Waals surface area contributed by atoms with Crippen LogP contribution in [0.4, 0.5) is 10.2 Å². The van der Waals surface area contributed by atoms with E-state index in [0.717, 1.165) is 40.7 Å². The second kappa shape index (κ2) is 4.44. The van der Waals surface area contributed by atoms with Crippen molar-refractivity contribution in [3.8, 4) is 0 Å². The first kappa shape index (κ1) is 11.6. The molecule has 0 aliphatic carbocycles. The summed E-state index contributed by atoms with van der Waals surface area (Å²) < 4.78 is 13.5. The Balaban J connectivity index is 1.80. The summed E-state index contributed by atoms with van der Waals surface area (Å²) in [5.41, 5.74) is 1.87. The van der Waals surface area contributed by atoms with Crippen LogP contribution in [0.1, 0.15) is 12.8 Å². The van der Waals surface area contributed by atoms with Crippen molar-refractivity contribution in [2.24, 2.45) is 0 Å². The van der Waals surface area contributed by atoms with Crippen LogP contribution in [-0.2, 0) is 0 Å². The Morgan fingerprint density at radius 3 is 3.10 bits per heavy atom. The minimum absolute atomic E-state index is 0.445. The third-order valence-electron chi connectivity index (χ3n) is 3.93. The molecule has 1 aliphatic rings. The molecule has 5 heteroatoms. The Kier molecular flexibility index (Phi) is 2.58. The molecule has 1 N–H and O–H groups in total. The van der Waals surface area contributed by atoms with Crippen LogP contribution in [0.5, 0.6) is 0 Å². The highest BCUT2D eigenvalue weighted by Crippen LogP contribution is 2.27. The highest BCUT2D eigenvalue weighted by atomic mass is 19.1. The Bertz CT molecular complexity index is 767. The molecule has 0 amide bonds. The summed E-state index contributed by atoms with van der Waals surface area (Å²) in [5, 5.41) is 2.13. The van der Waals surface area contributed by atoms with Gasteiger partial charge in [0.05, 0.1) is 12.1 Å². The van der Waals surface area contributed by atoms with Crippen LogP contribution in [0.3, 0.4) is 0 Å². The van der Waals surface area contributed by atoms with Gasteiger partial charge in [0.2, 0.25) is 0 Å². The number of hydrogen-bond acceptors (Lipinski definition) is 3. The Morgan fingerprint density at radius 2 is 2.20 bits per heavy atom. The maximum atomic E-state index is 13.5.